The van der Waals surface area contributed by atoms with Crippen molar-refractivity contribution in [2.24, 2.45) is 0 Å². The molecule has 0 aromatic heterocycles. The molecule has 1 unspecified atom stereocenters. The Hall–Kier alpha value is -0.670. The summed E-state index contributed by atoms with van der Waals surface area (Å²) in [6.07, 6.45) is 1.32. The maximum atomic E-state index is 12.4. The summed E-state index contributed by atoms with van der Waals surface area (Å²) in [7, 11) is -6.55. The van der Waals surface area contributed by atoms with Gasteiger partial charge in [0.15, 0.2) is 0 Å². The first-order valence-corrected chi connectivity index (χ1v) is 11.2. The number of hydrogen-bond donors (Lipinski definition) is 2. The molecule has 136 valence electrons. The third kappa shape index (κ3) is 4.49. The van der Waals surface area contributed by atoms with Gasteiger partial charge in [-0.05, 0) is 36.9 Å². The van der Waals surface area contributed by atoms with Crippen LogP contribution in [0.4, 0.5) is 0 Å². The molecular formula is C15H23ClN2O4S2. The quantitative estimate of drug-likeness (QED) is 0.787. The van der Waals surface area contributed by atoms with Crippen LogP contribution in [0, 0.1) is 0 Å². The lowest BCUT2D eigenvalue weighted by atomic mass is 9.95. The molecule has 1 aromatic rings. The SMILES string of the molecule is Cl.O=S1(=O)CCC(S(=O)(=O)NCC2NCCc3ccccc32)CC1. The Labute approximate surface area is 149 Å². The molecule has 2 N–H and O–H groups in total. The molecule has 9 heteroatoms. The number of benzene rings is 1. The first-order valence-electron chi connectivity index (χ1n) is 7.87. The highest BCUT2D eigenvalue weighted by molar-refractivity contribution is 7.92. The Balaban J connectivity index is 0.00000208. The fraction of sp³-hybridized carbons (Fsp3) is 0.600. The topological polar surface area (TPSA) is 92.3 Å². The maximum absolute atomic E-state index is 12.4. The highest BCUT2D eigenvalue weighted by atomic mass is 35.5. The zero-order valence-corrected chi connectivity index (χ0v) is 15.7. The van der Waals surface area contributed by atoms with Gasteiger partial charge in [0, 0.05) is 12.6 Å². The number of sulfone groups is 1. The predicted molar refractivity (Wildman–Crippen MR) is 96.7 cm³/mol. The van der Waals surface area contributed by atoms with Gasteiger partial charge in [0.05, 0.1) is 16.8 Å². The van der Waals surface area contributed by atoms with Gasteiger partial charge in [-0.25, -0.2) is 21.6 Å². The first-order chi connectivity index (χ1) is 10.9. The molecule has 0 radical (unpaired) electrons. The Morgan fingerprint density at radius 2 is 1.83 bits per heavy atom. The van der Waals surface area contributed by atoms with Crippen molar-refractivity contribution in [2.75, 3.05) is 24.6 Å². The second kappa shape index (κ2) is 7.70. The Morgan fingerprint density at radius 3 is 2.54 bits per heavy atom. The molecule has 3 rings (SSSR count). The third-order valence-electron chi connectivity index (χ3n) is 4.64. The van der Waals surface area contributed by atoms with E-state index >= 15 is 0 Å². The smallest absolute Gasteiger partial charge is 0.214 e. The number of rotatable bonds is 4. The van der Waals surface area contributed by atoms with Crippen molar-refractivity contribution in [1.29, 1.82) is 0 Å². The summed E-state index contributed by atoms with van der Waals surface area (Å²) in [5, 5.41) is 2.73. The van der Waals surface area contributed by atoms with Crippen LogP contribution in [0.3, 0.4) is 0 Å². The third-order valence-corrected chi connectivity index (χ3v) is 8.28. The number of sulfonamides is 1. The van der Waals surface area contributed by atoms with Gasteiger partial charge < -0.3 is 5.32 Å². The van der Waals surface area contributed by atoms with Gasteiger partial charge in [0.25, 0.3) is 0 Å². The molecule has 2 heterocycles. The van der Waals surface area contributed by atoms with Gasteiger partial charge in [-0.15, -0.1) is 12.4 Å². The summed E-state index contributed by atoms with van der Waals surface area (Å²) in [5.74, 6) is -0.0772. The van der Waals surface area contributed by atoms with Gasteiger partial charge in [0.2, 0.25) is 10.0 Å². The van der Waals surface area contributed by atoms with Crippen LogP contribution >= 0.6 is 12.4 Å². The van der Waals surface area contributed by atoms with E-state index in [1.807, 2.05) is 18.2 Å². The van der Waals surface area contributed by atoms with E-state index in [0.717, 1.165) is 18.5 Å². The van der Waals surface area contributed by atoms with Crippen molar-refractivity contribution in [3.63, 3.8) is 0 Å². The average Bonchev–Trinajstić information content (AvgIpc) is 2.52. The molecular weight excluding hydrogens is 372 g/mol. The molecule has 2 aliphatic rings. The van der Waals surface area contributed by atoms with Crippen molar-refractivity contribution in [1.82, 2.24) is 10.0 Å². The minimum absolute atomic E-state index is 0. The number of fused-ring (bicyclic) bond motifs is 1. The summed E-state index contributed by atoms with van der Waals surface area (Å²) in [6, 6.07) is 8.01. The second-order valence-electron chi connectivity index (χ2n) is 6.20. The van der Waals surface area contributed by atoms with Crippen LogP contribution in [0.1, 0.15) is 30.0 Å². The minimum Gasteiger partial charge on any atom is -0.308 e. The molecule has 24 heavy (non-hydrogen) atoms. The molecule has 6 nitrogen and oxygen atoms in total. The second-order valence-corrected chi connectivity index (χ2v) is 10.5. The van der Waals surface area contributed by atoms with E-state index in [4.69, 9.17) is 0 Å². The minimum atomic E-state index is -3.49. The van der Waals surface area contributed by atoms with Crippen molar-refractivity contribution in [2.45, 2.75) is 30.6 Å². The number of halogens is 1. The normalized spacial score (nSPS) is 23.9. The van der Waals surface area contributed by atoms with E-state index in [2.05, 4.69) is 16.1 Å². The van der Waals surface area contributed by atoms with Crippen molar-refractivity contribution >= 4 is 32.3 Å². The van der Waals surface area contributed by atoms with Gasteiger partial charge in [0.1, 0.15) is 9.84 Å². The van der Waals surface area contributed by atoms with Crippen molar-refractivity contribution in [3.05, 3.63) is 35.4 Å². The van der Waals surface area contributed by atoms with Crippen LogP contribution in [-0.4, -0.2) is 46.7 Å². The van der Waals surface area contributed by atoms with E-state index in [9.17, 15) is 16.8 Å². The van der Waals surface area contributed by atoms with Crippen LogP contribution in [-0.2, 0) is 26.3 Å². The zero-order chi connectivity index (χ0) is 16.5. The number of hydrogen-bond acceptors (Lipinski definition) is 5. The molecule has 2 aliphatic heterocycles. The fourth-order valence-corrected chi connectivity index (χ4v) is 6.55. The fourth-order valence-electron chi connectivity index (χ4n) is 3.27. The summed E-state index contributed by atoms with van der Waals surface area (Å²) in [5.41, 5.74) is 2.38. The van der Waals surface area contributed by atoms with Gasteiger partial charge in [-0.3, -0.25) is 0 Å². The van der Waals surface area contributed by atoms with Crippen LogP contribution in [0.2, 0.25) is 0 Å². The summed E-state index contributed by atoms with van der Waals surface area (Å²) < 4.78 is 50.4. The van der Waals surface area contributed by atoms with E-state index in [1.54, 1.807) is 0 Å². The van der Waals surface area contributed by atoms with Gasteiger partial charge >= 0.3 is 0 Å². The molecule has 1 saturated heterocycles. The lowest BCUT2D eigenvalue weighted by Gasteiger charge is -2.28. The number of nitrogens with one attached hydrogen (secondary N) is 2. The van der Waals surface area contributed by atoms with Crippen LogP contribution in [0.25, 0.3) is 0 Å². The molecule has 0 amide bonds. The monoisotopic (exact) mass is 394 g/mol. The lowest BCUT2D eigenvalue weighted by Crippen LogP contribution is -2.44. The Kier molecular flexibility index (Phi) is 6.30. The molecule has 1 aromatic carbocycles. The molecule has 1 atom stereocenters. The van der Waals surface area contributed by atoms with E-state index in [0.29, 0.717) is 6.54 Å². The standard InChI is InChI=1S/C15H22N2O4S2.ClH/c18-22(19)9-6-13(7-10-22)23(20,21)17-11-15-14-4-2-1-3-12(14)5-8-16-15;/h1-4,13,15-17H,5-11H2;1H. The van der Waals surface area contributed by atoms with Crippen LogP contribution in [0.15, 0.2) is 24.3 Å². The molecule has 1 fully saturated rings. The summed E-state index contributed by atoms with van der Waals surface area (Å²) >= 11 is 0. The maximum Gasteiger partial charge on any atom is 0.214 e. The van der Waals surface area contributed by atoms with Crippen LogP contribution in [0.5, 0.6) is 0 Å². The molecule has 0 bridgehead atoms. The predicted octanol–water partition coefficient (Wildman–Crippen LogP) is 0.792. The highest BCUT2D eigenvalue weighted by Crippen LogP contribution is 2.23. The molecule has 0 aliphatic carbocycles. The van der Waals surface area contributed by atoms with Gasteiger partial charge in [-0.1, -0.05) is 24.3 Å². The Bertz CT molecular complexity index is 766. The molecule has 0 saturated carbocycles. The van der Waals surface area contributed by atoms with Crippen molar-refractivity contribution in [3.8, 4) is 0 Å². The summed E-state index contributed by atoms with van der Waals surface area (Å²) in [6.45, 7) is 1.12. The summed E-state index contributed by atoms with van der Waals surface area (Å²) in [4.78, 5) is 0. The van der Waals surface area contributed by atoms with Crippen LogP contribution < -0.4 is 10.0 Å². The lowest BCUT2D eigenvalue weighted by molar-refractivity contribution is 0.486. The van der Waals surface area contributed by atoms with Crippen molar-refractivity contribution < 1.29 is 16.8 Å². The zero-order valence-electron chi connectivity index (χ0n) is 13.3. The van der Waals surface area contributed by atoms with E-state index in [1.165, 1.54) is 5.56 Å². The largest absolute Gasteiger partial charge is 0.308 e. The van der Waals surface area contributed by atoms with E-state index < -0.39 is 25.1 Å². The molecule has 0 spiro atoms. The first kappa shape index (κ1) is 19.7. The van der Waals surface area contributed by atoms with E-state index in [-0.39, 0.29) is 42.8 Å². The highest BCUT2D eigenvalue weighted by Gasteiger charge is 2.33. The van der Waals surface area contributed by atoms with Gasteiger partial charge in [-0.2, -0.15) is 0 Å². The average molecular weight is 395 g/mol. The Morgan fingerprint density at radius 1 is 1.17 bits per heavy atom.